The van der Waals surface area contributed by atoms with Crippen LogP contribution in [0.15, 0.2) is 0 Å². The van der Waals surface area contributed by atoms with Crippen LogP contribution in [0.3, 0.4) is 0 Å². The standard InChI is InChI=1S/C13H25NO3/c1-16-11-4-2-6-13(15,8-11)12(9-14)5-3-7-17-10-12/h11,15H,2-10,14H2,1H3. The average Bonchev–Trinajstić information content (AvgIpc) is 2.39. The summed E-state index contributed by atoms with van der Waals surface area (Å²) in [5.41, 5.74) is 4.99. The van der Waals surface area contributed by atoms with Gasteiger partial charge in [0.05, 0.1) is 18.3 Å². The van der Waals surface area contributed by atoms with E-state index in [1.54, 1.807) is 7.11 Å². The number of rotatable bonds is 3. The summed E-state index contributed by atoms with van der Waals surface area (Å²) < 4.78 is 11.0. The molecule has 1 heterocycles. The van der Waals surface area contributed by atoms with Gasteiger partial charge in [0.15, 0.2) is 0 Å². The lowest BCUT2D eigenvalue weighted by atomic mass is 9.62. The molecule has 0 spiro atoms. The molecule has 1 saturated heterocycles. The maximum Gasteiger partial charge on any atom is 0.0762 e. The van der Waals surface area contributed by atoms with Crippen molar-refractivity contribution < 1.29 is 14.6 Å². The Kier molecular flexibility index (Phi) is 4.08. The highest BCUT2D eigenvalue weighted by molar-refractivity contribution is 5.03. The fraction of sp³-hybridized carbons (Fsp3) is 1.00. The second kappa shape index (κ2) is 5.22. The van der Waals surface area contributed by atoms with Gasteiger partial charge in [-0.05, 0) is 32.1 Å². The summed E-state index contributed by atoms with van der Waals surface area (Å²) in [5.74, 6) is 0. The van der Waals surface area contributed by atoms with E-state index in [0.29, 0.717) is 19.6 Å². The van der Waals surface area contributed by atoms with Gasteiger partial charge in [0, 0.05) is 32.1 Å². The summed E-state index contributed by atoms with van der Waals surface area (Å²) in [6.07, 6.45) is 5.71. The fourth-order valence-electron chi connectivity index (χ4n) is 3.46. The van der Waals surface area contributed by atoms with Gasteiger partial charge in [-0.1, -0.05) is 0 Å². The molecule has 17 heavy (non-hydrogen) atoms. The molecule has 2 aliphatic rings. The molecule has 0 radical (unpaired) electrons. The molecule has 2 fully saturated rings. The third-order valence-electron chi connectivity index (χ3n) is 4.72. The van der Waals surface area contributed by atoms with E-state index in [1.807, 2.05) is 0 Å². The fourth-order valence-corrected chi connectivity index (χ4v) is 3.46. The third-order valence-corrected chi connectivity index (χ3v) is 4.72. The molecule has 0 aromatic rings. The van der Waals surface area contributed by atoms with Crippen LogP contribution in [-0.2, 0) is 9.47 Å². The van der Waals surface area contributed by atoms with Gasteiger partial charge < -0.3 is 20.3 Å². The number of aliphatic hydroxyl groups is 1. The van der Waals surface area contributed by atoms with Crippen molar-refractivity contribution in [2.24, 2.45) is 11.1 Å². The maximum absolute atomic E-state index is 11.0. The Hall–Kier alpha value is -0.160. The summed E-state index contributed by atoms with van der Waals surface area (Å²) in [4.78, 5) is 0. The van der Waals surface area contributed by atoms with Crippen molar-refractivity contribution in [3.05, 3.63) is 0 Å². The summed E-state index contributed by atoms with van der Waals surface area (Å²) in [6.45, 7) is 1.89. The van der Waals surface area contributed by atoms with E-state index < -0.39 is 5.60 Å². The molecule has 100 valence electrons. The smallest absolute Gasteiger partial charge is 0.0762 e. The highest BCUT2D eigenvalue weighted by atomic mass is 16.5. The Labute approximate surface area is 103 Å². The molecular formula is C13H25NO3. The topological polar surface area (TPSA) is 64.7 Å². The zero-order valence-electron chi connectivity index (χ0n) is 10.8. The largest absolute Gasteiger partial charge is 0.389 e. The number of nitrogens with two attached hydrogens (primary N) is 1. The predicted molar refractivity (Wildman–Crippen MR) is 65.8 cm³/mol. The molecule has 0 aromatic carbocycles. The van der Waals surface area contributed by atoms with E-state index in [0.717, 1.165) is 38.7 Å². The molecular weight excluding hydrogens is 218 g/mol. The molecule has 3 unspecified atom stereocenters. The number of hydrogen-bond acceptors (Lipinski definition) is 4. The first kappa shape index (κ1) is 13.3. The van der Waals surface area contributed by atoms with E-state index in [1.165, 1.54) is 0 Å². The van der Waals surface area contributed by atoms with Crippen LogP contribution in [0.5, 0.6) is 0 Å². The van der Waals surface area contributed by atoms with E-state index in [9.17, 15) is 5.11 Å². The lowest BCUT2D eigenvalue weighted by molar-refractivity contribution is -0.177. The van der Waals surface area contributed by atoms with Crippen LogP contribution in [0.4, 0.5) is 0 Å². The van der Waals surface area contributed by atoms with E-state index in [2.05, 4.69) is 0 Å². The predicted octanol–water partition coefficient (Wildman–Crippen LogP) is 1.06. The SMILES string of the molecule is COC1CCCC(O)(C2(CN)CCCOC2)C1. The molecule has 1 saturated carbocycles. The molecule has 4 heteroatoms. The number of hydrogen-bond donors (Lipinski definition) is 2. The lowest BCUT2D eigenvalue weighted by Gasteiger charge is -2.51. The zero-order chi connectivity index (χ0) is 12.4. The van der Waals surface area contributed by atoms with Gasteiger partial charge in [-0.3, -0.25) is 0 Å². The first-order valence-electron chi connectivity index (χ1n) is 6.69. The van der Waals surface area contributed by atoms with Gasteiger partial charge in [0.25, 0.3) is 0 Å². The van der Waals surface area contributed by atoms with Gasteiger partial charge >= 0.3 is 0 Å². The third kappa shape index (κ3) is 2.36. The Morgan fingerprint density at radius 1 is 1.41 bits per heavy atom. The average molecular weight is 243 g/mol. The summed E-state index contributed by atoms with van der Waals surface area (Å²) in [5, 5.41) is 11.0. The summed E-state index contributed by atoms with van der Waals surface area (Å²) >= 11 is 0. The van der Waals surface area contributed by atoms with Crippen LogP contribution < -0.4 is 5.73 Å². The van der Waals surface area contributed by atoms with Gasteiger partial charge in [-0.25, -0.2) is 0 Å². The Bertz CT molecular complexity index is 253. The van der Waals surface area contributed by atoms with Crippen LogP contribution in [-0.4, -0.2) is 43.7 Å². The van der Waals surface area contributed by atoms with Crippen molar-refractivity contribution in [3.8, 4) is 0 Å². The minimum atomic E-state index is -0.707. The summed E-state index contributed by atoms with van der Waals surface area (Å²) in [7, 11) is 1.73. The Morgan fingerprint density at radius 2 is 2.24 bits per heavy atom. The van der Waals surface area contributed by atoms with Crippen LogP contribution in [0, 0.1) is 5.41 Å². The van der Waals surface area contributed by atoms with E-state index in [-0.39, 0.29) is 11.5 Å². The van der Waals surface area contributed by atoms with Crippen molar-refractivity contribution in [2.45, 2.75) is 50.2 Å². The molecule has 3 atom stereocenters. The van der Waals surface area contributed by atoms with Crippen LogP contribution in [0.2, 0.25) is 0 Å². The molecule has 1 aliphatic carbocycles. The molecule has 0 bridgehead atoms. The molecule has 3 N–H and O–H groups in total. The molecule has 0 amide bonds. The monoisotopic (exact) mass is 243 g/mol. The molecule has 4 nitrogen and oxygen atoms in total. The highest BCUT2D eigenvalue weighted by Crippen LogP contribution is 2.47. The highest BCUT2D eigenvalue weighted by Gasteiger charge is 2.52. The zero-order valence-corrected chi connectivity index (χ0v) is 10.8. The van der Waals surface area contributed by atoms with Crippen molar-refractivity contribution in [3.63, 3.8) is 0 Å². The van der Waals surface area contributed by atoms with Crippen molar-refractivity contribution in [1.29, 1.82) is 0 Å². The van der Waals surface area contributed by atoms with Crippen molar-refractivity contribution in [2.75, 3.05) is 26.9 Å². The first-order valence-corrected chi connectivity index (χ1v) is 6.69. The van der Waals surface area contributed by atoms with Crippen molar-refractivity contribution >= 4 is 0 Å². The van der Waals surface area contributed by atoms with Gasteiger partial charge in [-0.2, -0.15) is 0 Å². The Balaban J connectivity index is 2.15. The molecule has 2 rings (SSSR count). The number of ether oxygens (including phenoxy) is 2. The second-order valence-electron chi connectivity index (χ2n) is 5.63. The summed E-state index contributed by atoms with van der Waals surface area (Å²) in [6, 6.07) is 0. The minimum absolute atomic E-state index is 0.166. The number of methoxy groups -OCH3 is 1. The maximum atomic E-state index is 11.0. The Morgan fingerprint density at radius 3 is 2.82 bits per heavy atom. The quantitative estimate of drug-likeness (QED) is 0.778. The van der Waals surface area contributed by atoms with E-state index >= 15 is 0 Å². The normalized spacial score (nSPS) is 43.6. The first-order chi connectivity index (χ1) is 8.16. The van der Waals surface area contributed by atoms with Crippen LogP contribution in [0.25, 0.3) is 0 Å². The second-order valence-corrected chi connectivity index (χ2v) is 5.63. The minimum Gasteiger partial charge on any atom is -0.389 e. The van der Waals surface area contributed by atoms with Gasteiger partial charge in [-0.15, -0.1) is 0 Å². The van der Waals surface area contributed by atoms with Crippen LogP contribution in [0.1, 0.15) is 38.5 Å². The lowest BCUT2D eigenvalue weighted by Crippen LogP contribution is -2.59. The van der Waals surface area contributed by atoms with Crippen LogP contribution >= 0.6 is 0 Å². The molecule has 0 aromatic heterocycles. The van der Waals surface area contributed by atoms with Gasteiger partial charge in [0.2, 0.25) is 0 Å². The van der Waals surface area contributed by atoms with E-state index in [4.69, 9.17) is 15.2 Å². The molecule has 1 aliphatic heterocycles. The van der Waals surface area contributed by atoms with Gasteiger partial charge in [0.1, 0.15) is 0 Å². The van der Waals surface area contributed by atoms with Crippen molar-refractivity contribution in [1.82, 2.24) is 0 Å².